The van der Waals surface area contributed by atoms with Gasteiger partial charge >= 0.3 is 0 Å². The van der Waals surface area contributed by atoms with E-state index in [9.17, 15) is 0 Å². The van der Waals surface area contributed by atoms with E-state index in [1.165, 1.54) is 0 Å². The van der Waals surface area contributed by atoms with Crippen molar-refractivity contribution in [3.05, 3.63) is 22.4 Å². The third kappa shape index (κ3) is 2.78. The number of nitrogens with zero attached hydrogens (tertiary/aromatic N) is 3. The molecule has 0 spiro atoms. The van der Waals surface area contributed by atoms with Crippen LogP contribution in [0.4, 0.5) is 5.69 Å². The first kappa shape index (κ1) is 12.0. The summed E-state index contributed by atoms with van der Waals surface area (Å²) in [6.07, 6.45) is 2.76. The molecule has 0 radical (unpaired) electrons. The fraction of sp³-hybridized carbons (Fsp3) is 0.545. The van der Waals surface area contributed by atoms with Gasteiger partial charge in [-0.2, -0.15) is 0 Å². The van der Waals surface area contributed by atoms with E-state index in [1.54, 1.807) is 6.20 Å². The molecule has 88 valence electrons. The Morgan fingerprint density at radius 3 is 2.81 bits per heavy atom. The van der Waals surface area contributed by atoms with Gasteiger partial charge < -0.3 is 9.80 Å². The second kappa shape index (κ2) is 5.21. The topological polar surface area (TPSA) is 19.4 Å². The van der Waals surface area contributed by atoms with Crippen molar-refractivity contribution in [1.82, 2.24) is 9.88 Å². The van der Waals surface area contributed by atoms with Crippen LogP contribution < -0.4 is 4.90 Å². The van der Waals surface area contributed by atoms with Gasteiger partial charge in [0, 0.05) is 31.9 Å². The third-order valence-corrected chi connectivity index (χ3v) is 3.36. The molecule has 1 aromatic rings. The van der Waals surface area contributed by atoms with Crippen LogP contribution >= 0.6 is 23.2 Å². The van der Waals surface area contributed by atoms with Crippen LogP contribution in [0, 0.1) is 0 Å². The lowest BCUT2D eigenvalue weighted by molar-refractivity contribution is 0.360. The summed E-state index contributed by atoms with van der Waals surface area (Å²) < 4.78 is 0. The predicted octanol–water partition coefficient (Wildman–Crippen LogP) is 2.53. The van der Waals surface area contributed by atoms with Gasteiger partial charge in [-0.1, -0.05) is 23.2 Å². The quantitative estimate of drug-likeness (QED) is 0.723. The van der Waals surface area contributed by atoms with Crippen LogP contribution in [0.15, 0.2) is 12.3 Å². The molecule has 1 fully saturated rings. The molecule has 0 saturated carbocycles. The Labute approximate surface area is 106 Å². The highest BCUT2D eigenvalue weighted by molar-refractivity contribution is 6.34. The van der Waals surface area contributed by atoms with Crippen molar-refractivity contribution in [2.45, 2.75) is 6.42 Å². The van der Waals surface area contributed by atoms with Crippen LogP contribution in [0.3, 0.4) is 0 Å². The van der Waals surface area contributed by atoms with Crippen LogP contribution in [-0.4, -0.2) is 43.1 Å². The van der Waals surface area contributed by atoms with E-state index in [1.807, 2.05) is 6.07 Å². The van der Waals surface area contributed by atoms with Gasteiger partial charge in [0.25, 0.3) is 0 Å². The lowest BCUT2D eigenvalue weighted by atomic mass is 10.3. The van der Waals surface area contributed by atoms with Crippen molar-refractivity contribution in [3.63, 3.8) is 0 Å². The van der Waals surface area contributed by atoms with Crippen molar-refractivity contribution in [2.75, 3.05) is 38.1 Å². The molecule has 2 rings (SSSR count). The standard InChI is InChI=1S/C11H15Cl2N3/c1-15-3-2-4-16(6-5-15)10-7-11(13)14-8-9(10)12/h7-8H,2-6H2,1H3. The highest BCUT2D eigenvalue weighted by Gasteiger charge is 2.15. The minimum absolute atomic E-state index is 0.497. The van der Waals surface area contributed by atoms with Gasteiger partial charge in [-0.15, -0.1) is 0 Å². The van der Waals surface area contributed by atoms with E-state index in [2.05, 4.69) is 21.8 Å². The zero-order valence-corrected chi connectivity index (χ0v) is 10.8. The second-order valence-electron chi connectivity index (χ2n) is 4.10. The molecular formula is C11H15Cl2N3. The Morgan fingerprint density at radius 1 is 1.19 bits per heavy atom. The van der Waals surface area contributed by atoms with E-state index < -0.39 is 0 Å². The molecule has 2 heterocycles. The highest BCUT2D eigenvalue weighted by atomic mass is 35.5. The number of anilines is 1. The zero-order valence-electron chi connectivity index (χ0n) is 9.29. The number of hydrogen-bond donors (Lipinski definition) is 0. The second-order valence-corrected chi connectivity index (χ2v) is 4.90. The number of likely N-dealkylation sites (N-methyl/N-ethyl adjacent to an activating group) is 1. The number of aromatic nitrogens is 1. The fourth-order valence-electron chi connectivity index (χ4n) is 1.93. The fourth-order valence-corrected chi connectivity index (χ4v) is 2.31. The minimum atomic E-state index is 0.497. The molecule has 0 N–H and O–H groups in total. The van der Waals surface area contributed by atoms with E-state index in [-0.39, 0.29) is 0 Å². The Hall–Kier alpha value is -0.510. The molecule has 16 heavy (non-hydrogen) atoms. The van der Waals surface area contributed by atoms with Crippen LogP contribution in [0.1, 0.15) is 6.42 Å². The van der Waals surface area contributed by atoms with Crippen molar-refractivity contribution in [1.29, 1.82) is 0 Å². The Bertz CT molecular complexity index is 370. The zero-order chi connectivity index (χ0) is 11.5. The number of hydrogen-bond acceptors (Lipinski definition) is 3. The van der Waals surface area contributed by atoms with E-state index in [0.717, 1.165) is 38.3 Å². The molecule has 1 aliphatic heterocycles. The summed E-state index contributed by atoms with van der Waals surface area (Å²) in [5.74, 6) is 0. The van der Waals surface area contributed by atoms with Gasteiger partial charge in [0.05, 0.1) is 10.7 Å². The van der Waals surface area contributed by atoms with Gasteiger partial charge in [0.1, 0.15) is 5.15 Å². The maximum absolute atomic E-state index is 6.14. The van der Waals surface area contributed by atoms with Crippen LogP contribution in [0.2, 0.25) is 10.2 Å². The Kier molecular flexibility index (Phi) is 3.90. The van der Waals surface area contributed by atoms with Crippen LogP contribution in [0.25, 0.3) is 0 Å². The maximum Gasteiger partial charge on any atom is 0.131 e. The van der Waals surface area contributed by atoms with E-state index in [4.69, 9.17) is 23.2 Å². The van der Waals surface area contributed by atoms with Gasteiger partial charge in [-0.3, -0.25) is 0 Å². The smallest absolute Gasteiger partial charge is 0.131 e. The van der Waals surface area contributed by atoms with Crippen molar-refractivity contribution in [3.8, 4) is 0 Å². The molecule has 1 aliphatic rings. The van der Waals surface area contributed by atoms with Gasteiger partial charge in [0.2, 0.25) is 0 Å². The Morgan fingerprint density at radius 2 is 2.00 bits per heavy atom. The minimum Gasteiger partial charge on any atom is -0.369 e. The molecule has 3 nitrogen and oxygen atoms in total. The Balaban J connectivity index is 2.19. The summed E-state index contributed by atoms with van der Waals surface area (Å²) in [5, 5.41) is 1.17. The van der Waals surface area contributed by atoms with Crippen LogP contribution in [-0.2, 0) is 0 Å². The molecule has 1 aromatic heterocycles. The molecule has 1 saturated heterocycles. The molecule has 0 amide bonds. The average molecular weight is 260 g/mol. The van der Waals surface area contributed by atoms with Gasteiger partial charge in [-0.25, -0.2) is 4.98 Å². The average Bonchev–Trinajstić information content (AvgIpc) is 2.47. The SMILES string of the molecule is CN1CCCN(c2cc(Cl)ncc2Cl)CC1. The molecule has 0 unspecified atom stereocenters. The van der Waals surface area contributed by atoms with Crippen molar-refractivity contribution < 1.29 is 0 Å². The normalized spacial score (nSPS) is 18.6. The molecular weight excluding hydrogens is 245 g/mol. The van der Waals surface area contributed by atoms with Crippen molar-refractivity contribution >= 4 is 28.9 Å². The first-order valence-electron chi connectivity index (χ1n) is 5.41. The monoisotopic (exact) mass is 259 g/mol. The molecule has 0 aromatic carbocycles. The van der Waals surface area contributed by atoms with Crippen LogP contribution in [0.5, 0.6) is 0 Å². The first-order chi connectivity index (χ1) is 7.66. The van der Waals surface area contributed by atoms with Gasteiger partial charge in [-0.05, 0) is 20.0 Å². The lowest BCUT2D eigenvalue weighted by Gasteiger charge is -2.23. The number of halogens is 2. The summed E-state index contributed by atoms with van der Waals surface area (Å²) in [6.45, 7) is 4.18. The summed E-state index contributed by atoms with van der Waals surface area (Å²) in [5.41, 5.74) is 0.997. The largest absolute Gasteiger partial charge is 0.369 e. The first-order valence-corrected chi connectivity index (χ1v) is 6.17. The molecule has 0 atom stereocenters. The third-order valence-electron chi connectivity index (χ3n) is 2.86. The van der Waals surface area contributed by atoms with E-state index >= 15 is 0 Å². The molecule has 5 heteroatoms. The van der Waals surface area contributed by atoms with E-state index in [0.29, 0.717) is 10.2 Å². The van der Waals surface area contributed by atoms with Crippen molar-refractivity contribution in [2.24, 2.45) is 0 Å². The summed E-state index contributed by atoms with van der Waals surface area (Å²) in [7, 11) is 2.14. The molecule has 0 bridgehead atoms. The summed E-state index contributed by atoms with van der Waals surface area (Å²) >= 11 is 12.0. The highest BCUT2D eigenvalue weighted by Crippen LogP contribution is 2.27. The number of rotatable bonds is 1. The lowest BCUT2D eigenvalue weighted by Crippen LogP contribution is -2.28. The summed E-state index contributed by atoms with van der Waals surface area (Å²) in [6, 6.07) is 1.84. The molecule has 0 aliphatic carbocycles. The summed E-state index contributed by atoms with van der Waals surface area (Å²) in [4.78, 5) is 8.58. The predicted molar refractivity (Wildman–Crippen MR) is 68.6 cm³/mol. The van der Waals surface area contributed by atoms with Gasteiger partial charge in [0.15, 0.2) is 0 Å². The maximum atomic E-state index is 6.14. The number of pyridine rings is 1.